The highest BCUT2D eigenvalue weighted by Crippen LogP contribution is 2.67. The molecular weight excluding hydrogens is 340 g/mol. The maximum Gasteiger partial charge on any atom is 0.0577 e. The van der Waals surface area contributed by atoms with Crippen LogP contribution in [0, 0.1) is 46.3 Å². The Bertz CT molecular complexity index is 591. The molecule has 0 heterocycles. The summed E-state index contributed by atoms with van der Waals surface area (Å²) in [5.41, 5.74) is 2.60. The molecule has 8 atom stereocenters. The number of aliphatic hydroxyl groups is 1. The lowest BCUT2D eigenvalue weighted by Crippen LogP contribution is -2.50. The monoisotopic (exact) mass is 386 g/mol. The second-order valence-corrected chi connectivity index (χ2v) is 12.2. The van der Waals surface area contributed by atoms with Gasteiger partial charge in [-0.25, -0.2) is 0 Å². The van der Waals surface area contributed by atoms with Crippen molar-refractivity contribution in [2.75, 3.05) is 0 Å². The van der Waals surface area contributed by atoms with Crippen molar-refractivity contribution in [1.82, 2.24) is 0 Å². The highest BCUT2D eigenvalue weighted by molar-refractivity contribution is 5.25. The largest absolute Gasteiger partial charge is 0.393 e. The number of hydrogen-bond donors (Lipinski definition) is 1. The predicted molar refractivity (Wildman–Crippen MR) is 119 cm³/mol. The first-order valence-electron chi connectivity index (χ1n) is 12.6. The van der Waals surface area contributed by atoms with Crippen molar-refractivity contribution in [3.8, 4) is 0 Å². The second-order valence-electron chi connectivity index (χ2n) is 12.2. The average Bonchev–Trinajstić information content (AvgIpc) is 2.99. The van der Waals surface area contributed by atoms with Crippen LogP contribution in [0.5, 0.6) is 0 Å². The summed E-state index contributed by atoms with van der Waals surface area (Å²) in [4.78, 5) is 0. The Kier molecular flexibility index (Phi) is 5.80. The van der Waals surface area contributed by atoms with Gasteiger partial charge >= 0.3 is 0 Å². The van der Waals surface area contributed by atoms with Crippen LogP contribution in [0.1, 0.15) is 105 Å². The summed E-state index contributed by atoms with van der Waals surface area (Å²) in [7, 11) is 0. The molecule has 28 heavy (non-hydrogen) atoms. The zero-order chi connectivity index (χ0) is 20.1. The van der Waals surface area contributed by atoms with Crippen molar-refractivity contribution in [2.24, 2.45) is 46.3 Å². The second kappa shape index (κ2) is 7.75. The van der Waals surface area contributed by atoms with E-state index in [0.29, 0.717) is 10.8 Å². The molecule has 0 bridgehead atoms. The number of hydrogen-bond acceptors (Lipinski definition) is 1. The van der Waals surface area contributed by atoms with E-state index in [9.17, 15) is 5.11 Å². The molecule has 0 aromatic rings. The first-order valence-corrected chi connectivity index (χ1v) is 12.6. The van der Waals surface area contributed by atoms with Crippen LogP contribution in [0.3, 0.4) is 0 Å². The zero-order valence-electron chi connectivity index (χ0n) is 19.3. The van der Waals surface area contributed by atoms with Crippen LogP contribution in [0.15, 0.2) is 11.6 Å². The molecule has 3 fully saturated rings. The molecule has 0 spiro atoms. The van der Waals surface area contributed by atoms with E-state index in [1.807, 2.05) is 0 Å². The molecule has 3 saturated carbocycles. The maximum absolute atomic E-state index is 10.2. The van der Waals surface area contributed by atoms with Gasteiger partial charge in [0.25, 0.3) is 0 Å². The Labute approximate surface area is 174 Å². The molecule has 4 rings (SSSR count). The minimum atomic E-state index is -0.0766. The van der Waals surface area contributed by atoms with Crippen molar-refractivity contribution in [3.05, 3.63) is 11.6 Å². The topological polar surface area (TPSA) is 20.2 Å². The Balaban J connectivity index is 1.49. The summed E-state index contributed by atoms with van der Waals surface area (Å²) in [6.45, 7) is 12.6. The normalized spacial score (nSPS) is 46.5. The molecule has 4 aliphatic rings. The Morgan fingerprint density at radius 3 is 2.54 bits per heavy atom. The first-order chi connectivity index (χ1) is 13.3. The number of fused-ring (bicyclic) bond motifs is 5. The number of allylic oxidation sites excluding steroid dienone is 1. The van der Waals surface area contributed by atoms with E-state index in [-0.39, 0.29) is 6.10 Å². The molecule has 1 heteroatoms. The van der Waals surface area contributed by atoms with Gasteiger partial charge in [0.2, 0.25) is 0 Å². The maximum atomic E-state index is 10.2. The highest BCUT2D eigenvalue weighted by atomic mass is 16.3. The van der Waals surface area contributed by atoms with Crippen molar-refractivity contribution < 1.29 is 5.11 Å². The summed E-state index contributed by atoms with van der Waals surface area (Å²) < 4.78 is 0. The Morgan fingerprint density at radius 2 is 1.79 bits per heavy atom. The zero-order valence-corrected chi connectivity index (χ0v) is 19.3. The van der Waals surface area contributed by atoms with Crippen LogP contribution >= 0.6 is 0 Å². The highest BCUT2D eigenvalue weighted by Gasteiger charge is 2.59. The molecule has 0 aromatic carbocycles. The van der Waals surface area contributed by atoms with Gasteiger partial charge in [0.1, 0.15) is 0 Å². The van der Waals surface area contributed by atoms with E-state index < -0.39 is 0 Å². The van der Waals surface area contributed by atoms with Crippen LogP contribution in [0.25, 0.3) is 0 Å². The summed E-state index contributed by atoms with van der Waals surface area (Å²) in [5.74, 6) is 5.46. The summed E-state index contributed by atoms with van der Waals surface area (Å²) in [5, 5.41) is 10.2. The van der Waals surface area contributed by atoms with Crippen LogP contribution in [-0.4, -0.2) is 11.2 Å². The van der Waals surface area contributed by atoms with Gasteiger partial charge in [-0.2, -0.15) is 0 Å². The van der Waals surface area contributed by atoms with E-state index in [0.717, 1.165) is 48.3 Å². The molecule has 4 aliphatic carbocycles. The van der Waals surface area contributed by atoms with Crippen molar-refractivity contribution in [3.63, 3.8) is 0 Å². The Hall–Kier alpha value is -0.300. The van der Waals surface area contributed by atoms with E-state index in [4.69, 9.17) is 0 Å². The van der Waals surface area contributed by atoms with E-state index >= 15 is 0 Å². The Morgan fingerprint density at radius 1 is 1.00 bits per heavy atom. The molecular formula is C27H46O. The third kappa shape index (κ3) is 3.42. The minimum absolute atomic E-state index is 0.0766. The lowest BCUT2D eigenvalue weighted by atomic mass is 9.47. The van der Waals surface area contributed by atoms with Crippen LogP contribution in [0.4, 0.5) is 0 Å². The smallest absolute Gasteiger partial charge is 0.0577 e. The van der Waals surface area contributed by atoms with Crippen LogP contribution in [0.2, 0.25) is 0 Å². The predicted octanol–water partition coefficient (Wildman–Crippen LogP) is 7.39. The fourth-order valence-corrected chi connectivity index (χ4v) is 8.67. The van der Waals surface area contributed by atoms with Gasteiger partial charge in [0.05, 0.1) is 6.10 Å². The summed E-state index contributed by atoms with van der Waals surface area (Å²) in [6.07, 6.45) is 17.2. The van der Waals surface area contributed by atoms with Gasteiger partial charge < -0.3 is 5.11 Å². The quantitative estimate of drug-likeness (QED) is 0.488. The van der Waals surface area contributed by atoms with Crippen molar-refractivity contribution in [1.29, 1.82) is 0 Å². The average molecular weight is 387 g/mol. The number of rotatable bonds is 5. The SMILES string of the molecule is CC(C)CCC[C@@H](C)[C@H]1CC[C@H]2[C@@H]3CC=C4C[C@H](O)CC[C@]4(C)[C@H]3CC[C@]12C. The van der Waals surface area contributed by atoms with Gasteiger partial charge in [-0.3, -0.25) is 0 Å². The minimum Gasteiger partial charge on any atom is -0.393 e. The van der Waals surface area contributed by atoms with Crippen LogP contribution < -0.4 is 0 Å². The van der Waals surface area contributed by atoms with E-state index in [1.165, 1.54) is 57.8 Å². The van der Waals surface area contributed by atoms with Gasteiger partial charge in [-0.05, 0) is 97.7 Å². The van der Waals surface area contributed by atoms with Gasteiger partial charge in [-0.15, -0.1) is 0 Å². The summed E-state index contributed by atoms with van der Waals surface area (Å²) in [6, 6.07) is 0. The molecule has 160 valence electrons. The fourth-order valence-electron chi connectivity index (χ4n) is 8.67. The van der Waals surface area contributed by atoms with E-state index in [2.05, 4.69) is 40.7 Å². The third-order valence-electron chi connectivity index (χ3n) is 10.3. The number of aliphatic hydroxyl groups excluding tert-OH is 1. The molecule has 0 saturated heterocycles. The van der Waals surface area contributed by atoms with Crippen molar-refractivity contribution >= 4 is 0 Å². The van der Waals surface area contributed by atoms with Gasteiger partial charge in [-0.1, -0.05) is 65.5 Å². The molecule has 0 unspecified atom stereocenters. The molecule has 0 aromatic heterocycles. The molecule has 1 N–H and O–H groups in total. The third-order valence-corrected chi connectivity index (χ3v) is 10.3. The standard InChI is InChI=1S/C27H46O/c1-18(2)7-6-8-19(3)23-11-12-24-22-10-9-20-17-21(28)13-15-26(20,4)25(22)14-16-27(23,24)5/h9,18-19,21-25,28H,6-8,10-17H2,1-5H3/t19-,21-,22+,23-,24+,25+,26+,27-/m1/s1. The van der Waals surface area contributed by atoms with Gasteiger partial charge in [0.15, 0.2) is 0 Å². The molecule has 1 nitrogen and oxygen atoms in total. The lowest BCUT2D eigenvalue weighted by Gasteiger charge is -2.58. The van der Waals surface area contributed by atoms with Crippen molar-refractivity contribution in [2.45, 2.75) is 111 Å². The molecule has 0 amide bonds. The van der Waals surface area contributed by atoms with Gasteiger partial charge in [0, 0.05) is 0 Å². The lowest BCUT2D eigenvalue weighted by molar-refractivity contribution is -0.0573. The summed E-state index contributed by atoms with van der Waals surface area (Å²) >= 11 is 0. The molecule has 0 aliphatic heterocycles. The molecule has 0 radical (unpaired) electrons. The van der Waals surface area contributed by atoms with E-state index in [1.54, 1.807) is 5.57 Å². The fraction of sp³-hybridized carbons (Fsp3) is 0.926. The van der Waals surface area contributed by atoms with Crippen LogP contribution in [-0.2, 0) is 0 Å². The first kappa shape index (κ1) is 21.0.